The molecule has 84 valence electrons. The number of aromatic nitrogens is 1. The minimum Gasteiger partial charge on any atom is -0.478 e. The van der Waals surface area contributed by atoms with Gasteiger partial charge in [0.1, 0.15) is 11.4 Å². The number of rotatable bonds is 5. The lowest BCUT2D eigenvalue weighted by Crippen LogP contribution is -2.26. The van der Waals surface area contributed by atoms with Crippen molar-refractivity contribution in [3.05, 3.63) is 23.9 Å². The first-order valence-electron chi connectivity index (χ1n) is 5.07. The van der Waals surface area contributed by atoms with Crippen LogP contribution in [0.25, 0.3) is 0 Å². The number of nitrogens with zero attached hydrogens (tertiary/aromatic N) is 2. The molecule has 0 spiro atoms. The van der Waals surface area contributed by atoms with Crippen molar-refractivity contribution in [2.45, 2.75) is 13.3 Å². The standard InChI is InChI=1S/C12H14N2O2/c1-3-5-9-14(4-2)11-10(12(15)16)7-6-8-13-11/h1,6-8H,4-5,9H2,2H3,(H,15,16). The maximum Gasteiger partial charge on any atom is 0.339 e. The van der Waals surface area contributed by atoms with Crippen LogP contribution in [-0.2, 0) is 0 Å². The topological polar surface area (TPSA) is 53.4 Å². The van der Waals surface area contributed by atoms with Crippen LogP contribution in [-0.4, -0.2) is 29.1 Å². The molecule has 0 amide bonds. The number of carbonyl (C=O) groups is 1. The molecule has 1 N–H and O–H groups in total. The van der Waals surface area contributed by atoms with Crippen molar-refractivity contribution in [1.29, 1.82) is 0 Å². The highest BCUT2D eigenvalue weighted by atomic mass is 16.4. The average molecular weight is 218 g/mol. The third kappa shape index (κ3) is 2.74. The van der Waals surface area contributed by atoms with E-state index in [1.807, 2.05) is 11.8 Å². The first-order valence-corrected chi connectivity index (χ1v) is 5.07. The zero-order valence-electron chi connectivity index (χ0n) is 9.18. The van der Waals surface area contributed by atoms with Gasteiger partial charge in [-0.2, -0.15) is 0 Å². The van der Waals surface area contributed by atoms with Gasteiger partial charge >= 0.3 is 5.97 Å². The molecular weight excluding hydrogens is 204 g/mol. The summed E-state index contributed by atoms with van der Waals surface area (Å²) in [6, 6.07) is 3.16. The van der Waals surface area contributed by atoms with Crippen molar-refractivity contribution in [2.75, 3.05) is 18.0 Å². The van der Waals surface area contributed by atoms with Crippen LogP contribution in [0.4, 0.5) is 5.82 Å². The van der Waals surface area contributed by atoms with E-state index in [2.05, 4.69) is 10.9 Å². The fraction of sp³-hybridized carbons (Fsp3) is 0.333. The summed E-state index contributed by atoms with van der Waals surface area (Å²) >= 11 is 0. The molecule has 0 saturated carbocycles. The van der Waals surface area contributed by atoms with Gasteiger partial charge in [0.05, 0.1) is 0 Å². The molecule has 1 aromatic rings. The Morgan fingerprint density at radius 2 is 2.44 bits per heavy atom. The number of terminal acetylenes is 1. The van der Waals surface area contributed by atoms with E-state index in [1.165, 1.54) is 0 Å². The van der Waals surface area contributed by atoms with Crippen LogP contribution in [0.2, 0.25) is 0 Å². The molecule has 1 heterocycles. The van der Waals surface area contributed by atoms with Crippen LogP contribution in [0.5, 0.6) is 0 Å². The molecule has 0 aliphatic heterocycles. The molecule has 1 aromatic heterocycles. The number of carboxylic acid groups (broad SMARTS) is 1. The Labute approximate surface area is 94.9 Å². The molecular formula is C12H14N2O2. The number of hydrogen-bond acceptors (Lipinski definition) is 3. The van der Waals surface area contributed by atoms with Crippen molar-refractivity contribution in [3.8, 4) is 12.3 Å². The predicted octanol–water partition coefficient (Wildman–Crippen LogP) is 1.63. The highest BCUT2D eigenvalue weighted by molar-refractivity contribution is 5.93. The SMILES string of the molecule is C#CCCN(CC)c1ncccc1C(=O)O. The van der Waals surface area contributed by atoms with Gasteiger partial charge in [0, 0.05) is 25.7 Å². The summed E-state index contributed by atoms with van der Waals surface area (Å²) in [5.41, 5.74) is 0.210. The van der Waals surface area contributed by atoms with Gasteiger partial charge in [-0.05, 0) is 19.1 Å². The van der Waals surface area contributed by atoms with Gasteiger partial charge in [-0.15, -0.1) is 12.3 Å². The quantitative estimate of drug-likeness (QED) is 0.763. The summed E-state index contributed by atoms with van der Waals surface area (Å²) < 4.78 is 0. The Morgan fingerprint density at radius 1 is 1.69 bits per heavy atom. The molecule has 0 aliphatic rings. The molecule has 0 unspecified atom stereocenters. The molecule has 0 bridgehead atoms. The molecule has 0 aliphatic carbocycles. The highest BCUT2D eigenvalue weighted by Gasteiger charge is 2.15. The molecule has 4 heteroatoms. The van der Waals surface area contributed by atoms with Gasteiger partial charge < -0.3 is 10.0 Å². The summed E-state index contributed by atoms with van der Waals surface area (Å²) in [4.78, 5) is 17.0. The second kappa shape index (κ2) is 5.76. The van der Waals surface area contributed by atoms with Crippen LogP contribution in [0, 0.1) is 12.3 Å². The van der Waals surface area contributed by atoms with E-state index in [9.17, 15) is 4.79 Å². The maximum absolute atomic E-state index is 11.0. The van der Waals surface area contributed by atoms with Gasteiger partial charge in [-0.1, -0.05) is 0 Å². The maximum atomic E-state index is 11.0. The Balaban J connectivity index is 3.00. The third-order valence-corrected chi connectivity index (χ3v) is 2.22. The van der Waals surface area contributed by atoms with Crippen LogP contribution >= 0.6 is 0 Å². The van der Waals surface area contributed by atoms with Crippen molar-refractivity contribution in [2.24, 2.45) is 0 Å². The second-order valence-electron chi connectivity index (χ2n) is 3.21. The monoisotopic (exact) mass is 218 g/mol. The first-order chi connectivity index (χ1) is 7.70. The summed E-state index contributed by atoms with van der Waals surface area (Å²) in [7, 11) is 0. The lowest BCUT2D eigenvalue weighted by atomic mass is 10.2. The lowest BCUT2D eigenvalue weighted by Gasteiger charge is -2.22. The lowest BCUT2D eigenvalue weighted by molar-refractivity contribution is 0.0697. The van der Waals surface area contributed by atoms with E-state index in [0.717, 1.165) is 0 Å². The summed E-state index contributed by atoms with van der Waals surface area (Å²) in [5, 5.41) is 9.03. The van der Waals surface area contributed by atoms with Gasteiger partial charge in [-0.3, -0.25) is 0 Å². The second-order valence-corrected chi connectivity index (χ2v) is 3.21. The largest absolute Gasteiger partial charge is 0.478 e. The average Bonchev–Trinajstić information content (AvgIpc) is 2.30. The first kappa shape index (κ1) is 12.1. The Kier molecular flexibility index (Phi) is 4.34. The number of pyridine rings is 1. The molecule has 16 heavy (non-hydrogen) atoms. The van der Waals surface area contributed by atoms with Crippen LogP contribution < -0.4 is 4.90 Å². The van der Waals surface area contributed by atoms with E-state index < -0.39 is 5.97 Å². The minimum absolute atomic E-state index is 0.210. The minimum atomic E-state index is -0.970. The molecule has 0 aromatic carbocycles. The fourth-order valence-corrected chi connectivity index (χ4v) is 1.43. The fourth-order valence-electron chi connectivity index (χ4n) is 1.43. The van der Waals surface area contributed by atoms with E-state index >= 15 is 0 Å². The van der Waals surface area contributed by atoms with Crippen molar-refractivity contribution < 1.29 is 9.90 Å². The Bertz CT molecular complexity index is 410. The van der Waals surface area contributed by atoms with Gasteiger partial charge in [-0.25, -0.2) is 9.78 Å². The van der Waals surface area contributed by atoms with Crippen molar-refractivity contribution in [1.82, 2.24) is 4.98 Å². The Morgan fingerprint density at radius 3 is 3.00 bits per heavy atom. The zero-order valence-corrected chi connectivity index (χ0v) is 9.18. The van der Waals surface area contributed by atoms with Crippen LogP contribution in [0.1, 0.15) is 23.7 Å². The van der Waals surface area contributed by atoms with Gasteiger partial charge in [0.25, 0.3) is 0 Å². The van der Waals surface area contributed by atoms with E-state index in [1.54, 1.807) is 18.3 Å². The van der Waals surface area contributed by atoms with Crippen molar-refractivity contribution >= 4 is 11.8 Å². The van der Waals surface area contributed by atoms with E-state index in [0.29, 0.717) is 25.3 Å². The van der Waals surface area contributed by atoms with Crippen LogP contribution in [0.3, 0.4) is 0 Å². The molecule has 0 fully saturated rings. The summed E-state index contributed by atoms with van der Waals surface area (Å²) in [5.74, 6) is 2.04. The van der Waals surface area contributed by atoms with E-state index in [-0.39, 0.29) is 5.56 Å². The number of hydrogen-bond donors (Lipinski definition) is 1. The zero-order chi connectivity index (χ0) is 12.0. The summed E-state index contributed by atoms with van der Waals surface area (Å²) in [6.45, 7) is 3.24. The number of anilines is 1. The molecule has 1 rings (SSSR count). The van der Waals surface area contributed by atoms with Crippen LogP contribution in [0.15, 0.2) is 18.3 Å². The van der Waals surface area contributed by atoms with Gasteiger partial charge in [0.15, 0.2) is 0 Å². The van der Waals surface area contributed by atoms with E-state index in [4.69, 9.17) is 11.5 Å². The Hall–Kier alpha value is -2.02. The molecule has 0 atom stereocenters. The molecule has 0 radical (unpaired) electrons. The smallest absolute Gasteiger partial charge is 0.339 e. The molecule has 4 nitrogen and oxygen atoms in total. The number of carboxylic acids is 1. The third-order valence-electron chi connectivity index (χ3n) is 2.22. The number of aromatic carboxylic acids is 1. The summed E-state index contributed by atoms with van der Waals surface area (Å²) in [6.07, 6.45) is 7.35. The normalized spacial score (nSPS) is 9.50. The predicted molar refractivity (Wildman–Crippen MR) is 62.5 cm³/mol. The highest BCUT2D eigenvalue weighted by Crippen LogP contribution is 2.16. The molecule has 0 saturated heterocycles. The van der Waals surface area contributed by atoms with Crippen molar-refractivity contribution in [3.63, 3.8) is 0 Å². The van der Waals surface area contributed by atoms with Gasteiger partial charge in [0.2, 0.25) is 0 Å².